The Bertz CT molecular complexity index is 599. The maximum Gasteiger partial charge on any atom is 0.243 e. The summed E-state index contributed by atoms with van der Waals surface area (Å²) in [5.74, 6) is 0. The Morgan fingerprint density at radius 1 is 1.38 bits per heavy atom. The molecule has 1 atom stereocenters. The minimum Gasteiger partial charge on any atom is -0.396 e. The van der Waals surface area contributed by atoms with Gasteiger partial charge in [-0.1, -0.05) is 24.4 Å². The molecule has 2 rings (SSSR count). The quantitative estimate of drug-likeness (QED) is 0.768. The number of hydrogen-bond donors (Lipinski definition) is 2. The normalized spacial score (nSPS) is 19.8. The SMILES string of the molecule is NC(=S)c1ccc(S(=O)(=O)N2CCCC2CCCO)cc1. The predicted molar refractivity (Wildman–Crippen MR) is 85.6 cm³/mol. The fraction of sp³-hybridized carbons (Fsp3) is 0.500. The predicted octanol–water partition coefficient (Wildman–Crippen LogP) is 1.25. The molecule has 0 bridgehead atoms. The van der Waals surface area contributed by atoms with Crippen LogP contribution in [0.15, 0.2) is 29.2 Å². The van der Waals surface area contributed by atoms with Gasteiger partial charge < -0.3 is 10.8 Å². The average molecular weight is 328 g/mol. The van der Waals surface area contributed by atoms with Crippen molar-refractivity contribution in [3.8, 4) is 0 Å². The van der Waals surface area contributed by atoms with Gasteiger partial charge in [0.1, 0.15) is 4.99 Å². The fourth-order valence-corrected chi connectivity index (χ4v) is 4.53. The zero-order valence-corrected chi connectivity index (χ0v) is 13.4. The highest BCUT2D eigenvalue weighted by Crippen LogP contribution is 2.28. The average Bonchev–Trinajstić information content (AvgIpc) is 2.94. The van der Waals surface area contributed by atoms with Gasteiger partial charge in [0.2, 0.25) is 10.0 Å². The van der Waals surface area contributed by atoms with E-state index in [1.807, 2.05) is 0 Å². The lowest BCUT2D eigenvalue weighted by molar-refractivity contribution is 0.264. The second kappa shape index (κ2) is 6.83. The molecule has 0 radical (unpaired) electrons. The number of thiocarbonyl (C=S) groups is 1. The van der Waals surface area contributed by atoms with Crippen molar-refractivity contribution in [2.75, 3.05) is 13.2 Å². The van der Waals surface area contributed by atoms with Crippen LogP contribution in [0, 0.1) is 0 Å². The molecule has 3 N–H and O–H groups in total. The molecular weight excluding hydrogens is 308 g/mol. The van der Waals surface area contributed by atoms with Crippen molar-refractivity contribution < 1.29 is 13.5 Å². The van der Waals surface area contributed by atoms with Gasteiger partial charge in [0.05, 0.1) is 4.90 Å². The van der Waals surface area contributed by atoms with Gasteiger partial charge >= 0.3 is 0 Å². The van der Waals surface area contributed by atoms with E-state index in [4.69, 9.17) is 23.1 Å². The van der Waals surface area contributed by atoms with E-state index in [0.717, 1.165) is 12.8 Å². The maximum atomic E-state index is 12.7. The number of benzene rings is 1. The number of aliphatic hydroxyl groups is 1. The standard InChI is InChI=1S/C14H20N2O3S2/c15-14(20)11-5-7-13(8-6-11)21(18,19)16-9-1-3-12(16)4-2-10-17/h5-8,12,17H,1-4,9-10H2,(H2,15,20). The van der Waals surface area contributed by atoms with E-state index in [-0.39, 0.29) is 22.5 Å². The van der Waals surface area contributed by atoms with Crippen LogP contribution in [0.25, 0.3) is 0 Å². The summed E-state index contributed by atoms with van der Waals surface area (Å²) < 4.78 is 26.9. The summed E-state index contributed by atoms with van der Waals surface area (Å²) in [5.41, 5.74) is 6.17. The monoisotopic (exact) mass is 328 g/mol. The molecule has 0 saturated carbocycles. The summed E-state index contributed by atoms with van der Waals surface area (Å²) in [4.78, 5) is 0.513. The van der Waals surface area contributed by atoms with Gasteiger partial charge in [-0.15, -0.1) is 0 Å². The minimum atomic E-state index is -3.49. The molecule has 1 aliphatic heterocycles. The highest BCUT2D eigenvalue weighted by Gasteiger charge is 2.34. The van der Waals surface area contributed by atoms with Crippen molar-refractivity contribution in [1.82, 2.24) is 4.31 Å². The van der Waals surface area contributed by atoms with E-state index < -0.39 is 10.0 Å². The highest BCUT2D eigenvalue weighted by atomic mass is 32.2. The van der Waals surface area contributed by atoms with Gasteiger partial charge in [0, 0.05) is 24.8 Å². The first-order chi connectivity index (χ1) is 9.96. The lowest BCUT2D eigenvalue weighted by atomic mass is 10.1. The summed E-state index contributed by atoms with van der Waals surface area (Å²) in [5, 5.41) is 8.92. The molecule has 1 aromatic rings. The summed E-state index contributed by atoms with van der Waals surface area (Å²) >= 11 is 4.87. The van der Waals surface area contributed by atoms with Crippen LogP contribution < -0.4 is 5.73 Å². The third-order valence-corrected chi connectivity index (χ3v) is 5.97. The topological polar surface area (TPSA) is 83.6 Å². The Hall–Kier alpha value is -1.02. The largest absolute Gasteiger partial charge is 0.396 e. The smallest absolute Gasteiger partial charge is 0.243 e. The van der Waals surface area contributed by atoms with Crippen LogP contribution in [0.1, 0.15) is 31.2 Å². The van der Waals surface area contributed by atoms with E-state index in [2.05, 4.69) is 0 Å². The van der Waals surface area contributed by atoms with Crippen LogP contribution >= 0.6 is 12.2 Å². The molecule has 1 unspecified atom stereocenters. The van der Waals surface area contributed by atoms with Gasteiger partial charge in [0.15, 0.2) is 0 Å². The molecule has 1 aromatic carbocycles. The first-order valence-corrected chi connectivity index (χ1v) is 8.84. The number of sulfonamides is 1. The van der Waals surface area contributed by atoms with Crippen molar-refractivity contribution in [3.63, 3.8) is 0 Å². The third-order valence-electron chi connectivity index (χ3n) is 3.76. The van der Waals surface area contributed by atoms with Gasteiger partial charge in [-0.05, 0) is 37.8 Å². The summed E-state index contributed by atoms with van der Waals surface area (Å²) in [7, 11) is -3.49. The Balaban J connectivity index is 2.22. The van der Waals surface area contributed by atoms with Crippen molar-refractivity contribution in [3.05, 3.63) is 29.8 Å². The molecule has 1 saturated heterocycles. The summed E-state index contributed by atoms with van der Waals surface area (Å²) in [6.07, 6.45) is 3.03. The molecule has 0 amide bonds. The van der Waals surface area contributed by atoms with Crippen molar-refractivity contribution in [2.45, 2.75) is 36.6 Å². The second-order valence-corrected chi connectivity index (χ2v) is 7.50. The molecular formula is C14H20N2O3S2. The molecule has 0 aliphatic carbocycles. The van der Waals surface area contributed by atoms with Crippen LogP contribution in [-0.4, -0.2) is 42.0 Å². The third kappa shape index (κ3) is 3.60. The molecule has 0 aromatic heterocycles. The van der Waals surface area contributed by atoms with Crippen LogP contribution in [0.3, 0.4) is 0 Å². The summed E-state index contributed by atoms with van der Waals surface area (Å²) in [6.45, 7) is 0.627. The molecule has 1 aliphatic rings. The van der Waals surface area contributed by atoms with Gasteiger partial charge in [-0.2, -0.15) is 4.31 Å². The zero-order chi connectivity index (χ0) is 15.5. The van der Waals surface area contributed by atoms with Crippen molar-refractivity contribution in [1.29, 1.82) is 0 Å². The van der Waals surface area contributed by atoms with Crippen LogP contribution in [0.4, 0.5) is 0 Å². The lowest BCUT2D eigenvalue weighted by Gasteiger charge is -2.24. The van der Waals surface area contributed by atoms with E-state index in [1.165, 1.54) is 0 Å². The van der Waals surface area contributed by atoms with Crippen LogP contribution in [-0.2, 0) is 10.0 Å². The molecule has 7 heteroatoms. The number of aliphatic hydroxyl groups excluding tert-OH is 1. The molecule has 1 fully saturated rings. The van der Waals surface area contributed by atoms with Gasteiger partial charge in [-0.25, -0.2) is 8.42 Å². The number of nitrogens with two attached hydrogens (primary N) is 1. The first-order valence-electron chi connectivity index (χ1n) is 6.99. The van der Waals surface area contributed by atoms with Crippen molar-refractivity contribution >= 4 is 27.2 Å². The van der Waals surface area contributed by atoms with Crippen molar-refractivity contribution in [2.24, 2.45) is 5.73 Å². The molecule has 0 spiro atoms. The van der Waals surface area contributed by atoms with E-state index in [9.17, 15) is 8.42 Å². The maximum absolute atomic E-state index is 12.7. The van der Waals surface area contributed by atoms with Gasteiger partial charge in [-0.3, -0.25) is 0 Å². The first kappa shape index (κ1) is 16.4. The van der Waals surface area contributed by atoms with E-state index in [0.29, 0.717) is 24.9 Å². The fourth-order valence-electron chi connectivity index (χ4n) is 2.67. The Morgan fingerprint density at radius 2 is 2.05 bits per heavy atom. The molecule has 1 heterocycles. The van der Waals surface area contributed by atoms with Crippen LogP contribution in [0.2, 0.25) is 0 Å². The lowest BCUT2D eigenvalue weighted by Crippen LogP contribution is -2.35. The number of rotatable bonds is 6. The Kier molecular flexibility index (Phi) is 5.32. The van der Waals surface area contributed by atoms with Crippen LogP contribution in [0.5, 0.6) is 0 Å². The molecule has 21 heavy (non-hydrogen) atoms. The zero-order valence-electron chi connectivity index (χ0n) is 11.7. The van der Waals surface area contributed by atoms with E-state index >= 15 is 0 Å². The number of nitrogens with zero attached hydrogens (tertiary/aromatic N) is 1. The minimum absolute atomic E-state index is 0.0163. The van der Waals surface area contributed by atoms with Gasteiger partial charge in [0.25, 0.3) is 0 Å². The highest BCUT2D eigenvalue weighted by molar-refractivity contribution is 7.89. The number of hydrogen-bond acceptors (Lipinski definition) is 4. The molecule has 116 valence electrons. The molecule has 5 nitrogen and oxygen atoms in total. The van der Waals surface area contributed by atoms with E-state index in [1.54, 1.807) is 28.6 Å². The summed E-state index contributed by atoms with van der Waals surface area (Å²) in [6, 6.07) is 6.34. The Morgan fingerprint density at radius 3 is 2.62 bits per heavy atom. The Labute approximate surface area is 130 Å². The second-order valence-electron chi connectivity index (χ2n) is 5.17.